The van der Waals surface area contributed by atoms with Crippen LogP contribution in [0.25, 0.3) is 0 Å². The topological polar surface area (TPSA) is 73.4 Å². The molecule has 5 fully saturated rings. The molecule has 132 valence electrons. The molecule has 1 aliphatic heterocycles. The first kappa shape index (κ1) is 17.3. The minimum Gasteiger partial charge on any atom is -0.391 e. The van der Waals surface area contributed by atoms with Crippen molar-refractivity contribution in [3.63, 3.8) is 0 Å². The van der Waals surface area contributed by atoms with E-state index in [9.17, 15) is 9.90 Å². The highest BCUT2D eigenvalue weighted by atomic mass is 35.5. The van der Waals surface area contributed by atoms with E-state index < -0.39 is 0 Å². The maximum Gasteiger partial charge on any atom is 0.315 e. The maximum atomic E-state index is 12.4. The molecule has 0 radical (unpaired) electrons. The van der Waals surface area contributed by atoms with Gasteiger partial charge in [0.1, 0.15) is 0 Å². The molecule has 0 spiro atoms. The summed E-state index contributed by atoms with van der Waals surface area (Å²) < 4.78 is 0. The first-order chi connectivity index (χ1) is 10.6. The largest absolute Gasteiger partial charge is 0.391 e. The molecule has 0 aromatic carbocycles. The van der Waals surface area contributed by atoms with Gasteiger partial charge in [-0.05, 0) is 69.2 Å². The Morgan fingerprint density at radius 1 is 1.13 bits per heavy atom. The van der Waals surface area contributed by atoms with Gasteiger partial charge in [-0.1, -0.05) is 0 Å². The molecule has 5 aliphatic rings. The van der Waals surface area contributed by atoms with Gasteiger partial charge < -0.3 is 21.1 Å². The van der Waals surface area contributed by atoms with Gasteiger partial charge in [0.15, 0.2) is 0 Å². The molecule has 2 atom stereocenters. The predicted octanol–water partition coefficient (Wildman–Crippen LogP) is 1.65. The van der Waals surface area contributed by atoms with Crippen molar-refractivity contribution in [1.29, 1.82) is 0 Å². The van der Waals surface area contributed by atoms with Gasteiger partial charge in [-0.25, -0.2) is 4.79 Å². The number of piperidine rings is 1. The quantitative estimate of drug-likeness (QED) is 0.629. The third kappa shape index (κ3) is 3.62. The highest BCUT2D eigenvalue weighted by Gasteiger charge is 2.51. The van der Waals surface area contributed by atoms with Crippen molar-refractivity contribution in [2.24, 2.45) is 23.7 Å². The molecule has 4 aliphatic carbocycles. The third-order valence-corrected chi connectivity index (χ3v) is 6.53. The fourth-order valence-electron chi connectivity index (χ4n) is 5.91. The molecule has 2 amide bonds. The van der Waals surface area contributed by atoms with Crippen LogP contribution in [0, 0.1) is 23.7 Å². The number of hydrogen-bond donors (Lipinski definition) is 4. The molecule has 5 nitrogen and oxygen atoms in total. The molecular weight excluding hydrogens is 314 g/mol. The van der Waals surface area contributed by atoms with Crippen LogP contribution < -0.4 is 16.0 Å². The summed E-state index contributed by atoms with van der Waals surface area (Å²) in [6.45, 7) is 2.16. The van der Waals surface area contributed by atoms with Crippen LogP contribution in [-0.2, 0) is 0 Å². The van der Waals surface area contributed by atoms with Gasteiger partial charge in [0, 0.05) is 24.5 Å². The summed E-state index contributed by atoms with van der Waals surface area (Å²) in [5, 5.41) is 19.5. The van der Waals surface area contributed by atoms with Crippen molar-refractivity contribution >= 4 is 18.4 Å². The summed E-state index contributed by atoms with van der Waals surface area (Å²) in [5.74, 6) is 2.72. The van der Waals surface area contributed by atoms with Crippen molar-refractivity contribution in [2.75, 3.05) is 19.6 Å². The van der Waals surface area contributed by atoms with Gasteiger partial charge in [-0.2, -0.15) is 0 Å². The van der Waals surface area contributed by atoms with Crippen molar-refractivity contribution in [1.82, 2.24) is 16.0 Å². The van der Waals surface area contributed by atoms with E-state index in [-0.39, 0.29) is 36.0 Å². The fraction of sp³-hybridized carbons (Fsp3) is 0.941. The predicted molar refractivity (Wildman–Crippen MR) is 91.7 cm³/mol. The number of β-amino-alcohol motifs (C(OH)–C–C–N with tert-alkyl or cyclic N) is 1. The van der Waals surface area contributed by atoms with E-state index in [0.29, 0.717) is 13.1 Å². The second-order valence-electron chi connectivity index (χ2n) is 8.35. The molecule has 6 heteroatoms. The summed E-state index contributed by atoms with van der Waals surface area (Å²) >= 11 is 0. The first-order valence-corrected chi connectivity index (χ1v) is 9.07. The number of aliphatic hydroxyl groups is 1. The Balaban J connectivity index is 0.00000156. The van der Waals surface area contributed by atoms with Crippen molar-refractivity contribution < 1.29 is 9.90 Å². The van der Waals surface area contributed by atoms with Crippen LogP contribution in [0.1, 0.15) is 44.9 Å². The minimum atomic E-state index is -0.339. The Morgan fingerprint density at radius 2 is 1.74 bits per heavy atom. The first-order valence-electron chi connectivity index (χ1n) is 9.07. The molecule has 0 aromatic rings. The van der Waals surface area contributed by atoms with E-state index in [1.54, 1.807) is 0 Å². The second kappa shape index (κ2) is 6.77. The molecule has 4 N–H and O–H groups in total. The normalized spacial score (nSPS) is 44.5. The zero-order valence-corrected chi connectivity index (χ0v) is 14.5. The van der Waals surface area contributed by atoms with Crippen molar-refractivity contribution in [2.45, 2.75) is 56.6 Å². The summed E-state index contributed by atoms with van der Waals surface area (Å²) in [6, 6.07) is -0.0207. The number of amides is 2. The molecule has 1 heterocycles. The van der Waals surface area contributed by atoms with Gasteiger partial charge >= 0.3 is 6.03 Å². The van der Waals surface area contributed by atoms with E-state index in [4.69, 9.17) is 0 Å². The van der Waals surface area contributed by atoms with E-state index in [1.807, 2.05) is 0 Å². The zero-order valence-electron chi connectivity index (χ0n) is 13.7. The van der Waals surface area contributed by atoms with E-state index in [1.165, 1.54) is 38.5 Å². The number of rotatable bonds is 3. The highest BCUT2D eigenvalue weighted by Crippen LogP contribution is 2.55. The standard InChI is InChI=1S/C17H29N3O2.ClH/c21-15-10-18-2-1-14(15)9-19-16(22)20-17-6-11-3-12(7-17)5-13(4-11)8-17;/h11-15,18,21H,1-10H2,(H2,19,20,22);1H/t11?,12?,13?,14-,15+,17?;/m0./s1. The van der Waals surface area contributed by atoms with Gasteiger partial charge in [0.05, 0.1) is 6.10 Å². The lowest BCUT2D eigenvalue weighted by Gasteiger charge is -2.56. The monoisotopic (exact) mass is 343 g/mol. The third-order valence-electron chi connectivity index (χ3n) is 6.53. The Bertz CT molecular complexity index is 410. The van der Waals surface area contributed by atoms with E-state index in [0.717, 1.165) is 30.7 Å². The molecule has 0 aromatic heterocycles. The second-order valence-corrected chi connectivity index (χ2v) is 8.35. The maximum absolute atomic E-state index is 12.4. The number of nitrogens with one attached hydrogen (secondary N) is 3. The van der Waals surface area contributed by atoms with Gasteiger partial charge in [0.2, 0.25) is 0 Å². The lowest BCUT2D eigenvalue weighted by Crippen LogP contribution is -2.61. The van der Waals surface area contributed by atoms with Gasteiger partial charge in [-0.3, -0.25) is 0 Å². The average molecular weight is 344 g/mol. The van der Waals surface area contributed by atoms with Crippen molar-refractivity contribution in [3.8, 4) is 0 Å². The number of halogens is 1. The number of carbonyl (C=O) groups excluding carboxylic acids is 1. The summed E-state index contributed by atoms with van der Waals surface area (Å²) in [6.07, 6.45) is 8.32. The molecule has 4 saturated carbocycles. The molecule has 0 unspecified atom stereocenters. The van der Waals surface area contributed by atoms with Crippen LogP contribution in [0.2, 0.25) is 0 Å². The highest BCUT2D eigenvalue weighted by molar-refractivity contribution is 5.85. The number of hydrogen-bond acceptors (Lipinski definition) is 3. The number of aliphatic hydroxyl groups excluding tert-OH is 1. The Morgan fingerprint density at radius 3 is 2.30 bits per heavy atom. The van der Waals surface area contributed by atoms with Crippen molar-refractivity contribution in [3.05, 3.63) is 0 Å². The Labute approximate surface area is 144 Å². The molecule has 5 rings (SSSR count). The van der Waals surface area contributed by atoms with E-state index >= 15 is 0 Å². The zero-order chi connectivity index (χ0) is 15.2. The number of carbonyl (C=O) groups is 1. The minimum absolute atomic E-state index is 0. The Kier molecular flexibility index (Phi) is 5.09. The fourth-order valence-corrected chi connectivity index (χ4v) is 5.91. The summed E-state index contributed by atoms with van der Waals surface area (Å²) in [5.41, 5.74) is 0.0750. The van der Waals surface area contributed by atoms with Crippen LogP contribution in [0.4, 0.5) is 4.79 Å². The lowest BCUT2D eigenvalue weighted by molar-refractivity contribution is -0.0136. The van der Waals surface area contributed by atoms with Crippen LogP contribution in [0.3, 0.4) is 0 Å². The summed E-state index contributed by atoms with van der Waals surface area (Å²) in [7, 11) is 0. The molecule has 1 saturated heterocycles. The summed E-state index contributed by atoms with van der Waals surface area (Å²) in [4.78, 5) is 12.4. The average Bonchev–Trinajstić information content (AvgIpc) is 2.44. The van der Waals surface area contributed by atoms with Gasteiger partial charge in [0.25, 0.3) is 0 Å². The van der Waals surface area contributed by atoms with Crippen LogP contribution in [0.5, 0.6) is 0 Å². The van der Waals surface area contributed by atoms with Gasteiger partial charge in [-0.15, -0.1) is 12.4 Å². The van der Waals surface area contributed by atoms with Crippen LogP contribution in [-0.4, -0.2) is 42.4 Å². The lowest BCUT2D eigenvalue weighted by atomic mass is 9.53. The molecule has 23 heavy (non-hydrogen) atoms. The Hall–Kier alpha value is -0.520. The molecular formula is C17H30ClN3O2. The number of urea groups is 1. The SMILES string of the molecule is Cl.O=C(NC[C@@H]1CCNC[C@H]1O)NC12CC3CC(CC(C3)C1)C2. The van der Waals surface area contributed by atoms with Crippen LogP contribution >= 0.6 is 12.4 Å². The van der Waals surface area contributed by atoms with E-state index in [2.05, 4.69) is 16.0 Å². The smallest absolute Gasteiger partial charge is 0.315 e. The molecule has 4 bridgehead atoms. The van der Waals surface area contributed by atoms with Crippen LogP contribution in [0.15, 0.2) is 0 Å².